The van der Waals surface area contributed by atoms with E-state index in [1.54, 1.807) is 0 Å². The van der Waals surface area contributed by atoms with Gasteiger partial charge in [0.25, 0.3) is 0 Å². The second-order valence-electron chi connectivity index (χ2n) is 7.17. The van der Waals surface area contributed by atoms with Crippen LogP contribution >= 0.6 is 0 Å². The molecular weight excluding hydrogens is 314 g/mol. The third kappa shape index (κ3) is 5.30. The molecule has 1 aromatic carbocycles. The summed E-state index contributed by atoms with van der Waals surface area (Å²) in [6, 6.07) is 10.9. The molecule has 0 radical (unpaired) electrons. The van der Waals surface area contributed by atoms with Crippen molar-refractivity contribution in [1.82, 2.24) is 15.1 Å². The quantitative estimate of drug-likeness (QED) is 0.857. The number of carbonyl (C=O) groups excluding carboxylic acids is 2. The average Bonchev–Trinajstić information content (AvgIpc) is 3.17. The zero-order valence-corrected chi connectivity index (χ0v) is 15.0. The number of rotatable bonds is 6. The number of benzene rings is 1. The molecule has 0 spiro atoms. The largest absolute Gasteiger partial charge is 0.346 e. The van der Waals surface area contributed by atoms with Gasteiger partial charge in [0.2, 0.25) is 11.8 Å². The van der Waals surface area contributed by atoms with Gasteiger partial charge in [0.05, 0.1) is 13.1 Å². The number of nitrogens with one attached hydrogen (secondary N) is 1. The fourth-order valence-corrected chi connectivity index (χ4v) is 3.88. The Balaban J connectivity index is 1.47. The van der Waals surface area contributed by atoms with Gasteiger partial charge in [0.1, 0.15) is 0 Å². The van der Waals surface area contributed by atoms with Crippen molar-refractivity contribution in [3.05, 3.63) is 35.9 Å². The zero-order valence-electron chi connectivity index (χ0n) is 15.0. The van der Waals surface area contributed by atoms with Gasteiger partial charge in [-0.2, -0.15) is 0 Å². The van der Waals surface area contributed by atoms with Crippen molar-refractivity contribution in [2.75, 3.05) is 32.7 Å². The van der Waals surface area contributed by atoms with Crippen LogP contribution in [-0.4, -0.2) is 60.4 Å². The van der Waals surface area contributed by atoms with E-state index < -0.39 is 0 Å². The second-order valence-corrected chi connectivity index (χ2v) is 7.17. The Morgan fingerprint density at radius 1 is 1.00 bits per heavy atom. The van der Waals surface area contributed by atoms with Crippen LogP contribution in [0, 0.1) is 0 Å². The summed E-state index contributed by atoms with van der Waals surface area (Å²) in [7, 11) is 0. The number of amides is 2. The van der Waals surface area contributed by atoms with Crippen LogP contribution < -0.4 is 5.32 Å². The van der Waals surface area contributed by atoms with Crippen molar-refractivity contribution in [2.24, 2.45) is 0 Å². The fourth-order valence-electron chi connectivity index (χ4n) is 3.88. The second kappa shape index (κ2) is 8.99. The van der Waals surface area contributed by atoms with Crippen molar-refractivity contribution < 1.29 is 9.59 Å². The smallest absolute Gasteiger partial charge is 0.241 e. The monoisotopic (exact) mass is 343 g/mol. The van der Waals surface area contributed by atoms with Crippen LogP contribution in [0.25, 0.3) is 0 Å². The van der Waals surface area contributed by atoms with Crippen LogP contribution in [0.4, 0.5) is 0 Å². The van der Waals surface area contributed by atoms with E-state index in [1.165, 1.54) is 12.0 Å². The molecule has 5 heteroatoms. The maximum atomic E-state index is 12.3. The lowest BCUT2D eigenvalue weighted by Crippen LogP contribution is -2.48. The first-order valence-corrected chi connectivity index (χ1v) is 9.55. The summed E-state index contributed by atoms with van der Waals surface area (Å²) in [6.45, 7) is 3.16. The summed E-state index contributed by atoms with van der Waals surface area (Å²) >= 11 is 0. The molecule has 2 fully saturated rings. The van der Waals surface area contributed by atoms with Gasteiger partial charge >= 0.3 is 0 Å². The van der Waals surface area contributed by atoms with Crippen LogP contribution in [0.15, 0.2) is 30.3 Å². The van der Waals surface area contributed by atoms with E-state index in [0.717, 1.165) is 51.7 Å². The molecule has 25 heavy (non-hydrogen) atoms. The number of hydrogen-bond donors (Lipinski definition) is 1. The summed E-state index contributed by atoms with van der Waals surface area (Å²) in [5, 5.41) is 2.82. The third-order valence-electron chi connectivity index (χ3n) is 5.31. The standard InChI is InChI=1S/C20H29N3O2/c24-19(21-15-20(25)22-11-6-7-12-22)16-23-13-5-4-10-18(23)14-17-8-2-1-3-9-17/h1-3,8-9,18H,4-7,10-16H2,(H,21,24)/t18-/m0/s1. The fraction of sp³-hybridized carbons (Fsp3) is 0.600. The first-order valence-electron chi connectivity index (χ1n) is 9.55. The van der Waals surface area contributed by atoms with Crippen molar-refractivity contribution >= 4 is 11.8 Å². The summed E-state index contributed by atoms with van der Waals surface area (Å²) in [6.07, 6.45) is 6.65. The predicted molar refractivity (Wildman–Crippen MR) is 98.2 cm³/mol. The van der Waals surface area contributed by atoms with E-state index in [0.29, 0.717) is 12.6 Å². The molecule has 2 saturated heterocycles. The van der Waals surface area contributed by atoms with Crippen molar-refractivity contribution in [3.8, 4) is 0 Å². The Labute approximate surface area is 150 Å². The van der Waals surface area contributed by atoms with E-state index in [2.05, 4.69) is 34.5 Å². The molecule has 0 unspecified atom stereocenters. The maximum absolute atomic E-state index is 12.3. The molecule has 136 valence electrons. The first kappa shape index (κ1) is 17.9. The predicted octanol–water partition coefficient (Wildman–Crippen LogP) is 1.82. The van der Waals surface area contributed by atoms with E-state index in [4.69, 9.17) is 0 Å². The van der Waals surface area contributed by atoms with Gasteiger partial charge in [-0.1, -0.05) is 36.8 Å². The van der Waals surface area contributed by atoms with Gasteiger partial charge in [-0.05, 0) is 44.2 Å². The lowest BCUT2D eigenvalue weighted by molar-refractivity contribution is -0.132. The molecule has 3 rings (SSSR count). The molecule has 1 atom stereocenters. The maximum Gasteiger partial charge on any atom is 0.241 e. The lowest BCUT2D eigenvalue weighted by Gasteiger charge is -2.35. The Hall–Kier alpha value is -1.88. The molecule has 1 aromatic rings. The topological polar surface area (TPSA) is 52.7 Å². The molecule has 0 bridgehead atoms. The van der Waals surface area contributed by atoms with Gasteiger partial charge in [0.15, 0.2) is 0 Å². The van der Waals surface area contributed by atoms with Crippen LogP contribution in [0.3, 0.4) is 0 Å². The normalized spacial score (nSPS) is 21.3. The Morgan fingerprint density at radius 3 is 2.48 bits per heavy atom. The van der Waals surface area contributed by atoms with E-state index >= 15 is 0 Å². The SMILES string of the molecule is O=C(CN1CCCC[C@H]1Cc1ccccc1)NCC(=O)N1CCCC1. The minimum atomic E-state index is -0.0347. The minimum Gasteiger partial charge on any atom is -0.346 e. The summed E-state index contributed by atoms with van der Waals surface area (Å²) in [4.78, 5) is 28.5. The van der Waals surface area contributed by atoms with Gasteiger partial charge in [-0.3, -0.25) is 14.5 Å². The minimum absolute atomic E-state index is 0.0347. The van der Waals surface area contributed by atoms with Crippen molar-refractivity contribution in [1.29, 1.82) is 0 Å². The zero-order chi connectivity index (χ0) is 17.5. The highest BCUT2D eigenvalue weighted by atomic mass is 16.2. The van der Waals surface area contributed by atoms with Crippen LogP contribution in [0.2, 0.25) is 0 Å². The first-order chi connectivity index (χ1) is 12.2. The van der Waals surface area contributed by atoms with Crippen LogP contribution in [-0.2, 0) is 16.0 Å². The Morgan fingerprint density at radius 2 is 1.72 bits per heavy atom. The average molecular weight is 343 g/mol. The van der Waals surface area contributed by atoms with Crippen molar-refractivity contribution in [3.63, 3.8) is 0 Å². The highest BCUT2D eigenvalue weighted by Crippen LogP contribution is 2.20. The summed E-state index contributed by atoms with van der Waals surface area (Å²) in [5.41, 5.74) is 1.32. The Bertz CT molecular complexity index is 570. The highest BCUT2D eigenvalue weighted by Gasteiger charge is 2.25. The third-order valence-corrected chi connectivity index (χ3v) is 5.31. The number of likely N-dealkylation sites (tertiary alicyclic amines) is 2. The molecular formula is C20H29N3O2. The van der Waals surface area contributed by atoms with E-state index in [1.807, 2.05) is 11.0 Å². The number of carbonyl (C=O) groups is 2. The van der Waals surface area contributed by atoms with E-state index in [9.17, 15) is 9.59 Å². The van der Waals surface area contributed by atoms with Crippen molar-refractivity contribution in [2.45, 2.75) is 44.6 Å². The number of piperidine rings is 1. The van der Waals surface area contributed by atoms with Crippen LogP contribution in [0.5, 0.6) is 0 Å². The summed E-state index contributed by atoms with van der Waals surface area (Å²) < 4.78 is 0. The molecule has 2 heterocycles. The summed E-state index contributed by atoms with van der Waals surface area (Å²) in [5.74, 6) is 0.0119. The molecule has 0 aliphatic carbocycles. The van der Waals surface area contributed by atoms with Crippen LogP contribution in [0.1, 0.15) is 37.7 Å². The van der Waals surface area contributed by atoms with Gasteiger partial charge in [0, 0.05) is 19.1 Å². The van der Waals surface area contributed by atoms with Gasteiger partial charge in [-0.25, -0.2) is 0 Å². The lowest BCUT2D eigenvalue weighted by atomic mass is 9.95. The molecule has 2 amide bonds. The van der Waals surface area contributed by atoms with Gasteiger partial charge < -0.3 is 10.2 Å². The van der Waals surface area contributed by atoms with E-state index in [-0.39, 0.29) is 18.4 Å². The molecule has 2 aliphatic rings. The van der Waals surface area contributed by atoms with Gasteiger partial charge in [-0.15, -0.1) is 0 Å². The molecule has 2 aliphatic heterocycles. The molecule has 5 nitrogen and oxygen atoms in total. The molecule has 0 aromatic heterocycles. The number of hydrogen-bond acceptors (Lipinski definition) is 3. The molecule has 1 N–H and O–H groups in total. The highest BCUT2D eigenvalue weighted by molar-refractivity contribution is 5.85. The number of nitrogens with zero attached hydrogens (tertiary/aromatic N) is 2. The molecule has 0 saturated carbocycles. The Kier molecular flexibility index (Phi) is 6.45.